The van der Waals surface area contributed by atoms with Crippen LogP contribution < -0.4 is 16.3 Å². The van der Waals surface area contributed by atoms with Gasteiger partial charge in [0.2, 0.25) is 0 Å². The van der Waals surface area contributed by atoms with Crippen molar-refractivity contribution in [2.45, 2.75) is 13.5 Å². The van der Waals surface area contributed by atoms with E-state index in [1.807, 2.05) is 37.3 Å². The monoisotopic (exact) mass is 352 g/mol. The molecule has 0 bridgehead atoms. The third-order valence-corrected chi connectivity index (χ3v) is 3.85. The lowest BCUT2D eigenvalue weighted by Crippen LogP contribution is -2.34. The fraction of sp³-hybridized carbons (Fsp3) is 0.222. The van der Waals surface area contributed by atoms with Gasteiger partial charge in [0.15, 0.2) is 5.82 Å². The molecule has 3 aromatic rings. The highest BCUT2D eigenvalue weighted by Gasteiger charge is 2.12. The van der Waals surface area contributed by atoms with Crippen molar-refractivity contribution in [1.29, 1.82) is 0 Å². The first-order chi connectivity index (χ1) is 12.5. The smallest absolute Gasteiger partial charge is 0.336 e. The Bertz CT molecular complexity index is 944. The summed E-state index contributed by atoms with van der Waals surface area (Å²) in [6.45, 7) is 2.52. The zero-order valence-corrected chi connectivity index (χ0v) is 14.6. The van der Waals surface area contributed by atoms with E-state index >= 15 is 0 Å². The van der Waals surface area contributed by atoms with Crippen molar-refractivity contribution in [2.24, 2.45) is 7.05 Å². The molecule has 3 rings (SSSR count). The number of aryl methyl sites for hydroxylation is 1. The molecule has 0 fully saturated rings. The molecule has 0 radical (unpaired) electrons. The Morgan fingerprint density at radius 1 is 1.15 bits per heavy atom. The molecule has 2 N–H and O–H groups in total. The van der Waals surface area contributed by atoms with Gasteiger partial charge in [-0.1, -0.05) is 23.8 Å². The minimum absolute atomic E-state index is 0.258. The number of nitrogens with one attached hydrogen (secondary N) is 2. The number of hydrogen-bond acceptors (Lipinski definition) is 4. The van der Waals surface area contributed by atoms with Crippen molar-refractivity contribution in [3.05, 3.63) is 64.7 Å². The minimum Gasteiger partial charge on any atom is -0.336 e. The number of aromatic nitrogens is 4. The average Bonchev–Trinajstić information content (AvgIpc) is 2.93. The Kier molecular flexibility index (Phi) is 5.12. The Labute approximate surface area is 150 Å². The van der Waals surface area contributed by atoms with Gasteiger partial charge in [0.1, 0.15) is 5.69 Å². The van der Waals surface area contributed by atoms with Gasteiger partial charge in [-0.05, 0) is 31.2 Å². The number of hydrogen-bond donors (Lipinski definition) is 2. The van der Waals surface area contributed by atoms with Crippen molar-refractivity contribution in [1.82, 2.24) is 24.6 Å². The molecular weight excluding hydrogens is 332 g/mol. The van der Waals surface area contributed by atoms with Gasteiger partial charge in [0, 0.05) is 25.5 Å². The molecule has 0 saturated heterocycles. The van der Waals surface area contributed by atoms with E-state index in [0.29, 0.717) is 17.2 Å². The molecule has 0 aliphatic carbocycles. The van der Waals surface area contributed by atoms with E-state index in [4.69, 9.17) is 0 Å². The van der Waals surface area contributed by atoms with Crippen LogP contribution in [0.15, 0.2) is 53.5 Å². The lowest BCUT2D eigenvalue weighted by Gasteiger charge is -2.07. The van der Waals surface area contributed by atoms with Crippen LogP contribution in [0.1, 0.15) is 5.56 Å². The van der Waals surface area contributed by atoms with Gasteiger partial charge in [-0.2, -0.15) is 0 Å². The lowest BCUT2D eigenvalue weighted by molar-refractivity contribution is 0.251. The normalized spacial score (nSPS) is 10.5. The van der Waals surface area contributed by atoms with E-state index in [1.54, 1.807) is 25.4 Å². The molecule has 134 valence electrons. The molecule has 0 aliphatic heterocycles. The van der Waals surface area contributed by atoms with Crippen LogP contribution in [0.5, 0.6) is 0 Å². The first-order valence-electron chi connectivity index (χ1n) is 8.21. The van der Waals surface area contributed by atoms with Crippen LogP contribution >= 0.6 is 0 Å². The van der Waals surface area contributed by atoms with Crippen molar-refractivity contribution in [3.8, 4) is 11.5 Å². The summed E-state index contributed by atoms with van der Waals surface area (Å²) >= 11 is 0. The molecule has 8 nitrogen and oxygen atoms in total. The second-order valence-electron chi connectivity index (χ2n) is 5.85. The lowest BCUT2D eigenvalue weighted by atomic mass is 10.2. The van der Waals surface area contributed by atoms with Gasteiger partial charge in [0.25, 0.3) is 0 Å². The highest BCUT2D eigenvalue weighted by molar-refractivity contribution is 5.89. The van der Waals surface area contributed by atoms with Gasteiger partial charge < -0.3 is 10.6 Å². The van der Waals surface area contributed by atoms with E-state index in [9.17, 15) is 9.59 Å². The molecule has 1 aromatic carbocycles. The maximum Gasteiger partial charge on any atom is 0.346 e. The fourth-order valence-electron chi connectivity index (χ4n) is 2.44. The molecule has 0 atom stereocenters. The number of nitrogens with zero attached hydrogens (tertiary/aromatic N) is 4. The van der Waals surface area contributed by atoms with Crippen molar-refractivity contribution in [3.63, 3.8) is 0 Å². The van der Waals surface area contributed by atoms with E-state index in [-0.39, 0.29) is 24.8 Å². The molecule has 0 aliphatic rings. The summed E-state index contributed by atoms with van der Waals surface area (Å²) in [7, 11) is 1.65. The van der Waals surface area contributed by atoms with E-state index < -0.39 is 0 Å². The topological polar surface area (TPSA) is 93.8 Å². The Morgan fingerprint density at radius 3 is 2.62 bits per heavy atom. The number of benzene rings is 1. The Balaban J connectivity index is 1.59. The Morgan fingerprint density at radius 2 is 1.92 bits per heavy atom. The molecule has 26 heavy (non-hydrogen) atoms. The molecule has 2 heterocycles. The van der Waals surface area contributed by atoms with Crippen LogP contribution in [-0.2, 0) is 13.6 Å². The molecular formula is C18H20N6O2. The summed E-state index contributed by atoms with van der Waals surface area (Å²) in [5, 5.41) is 9.76. The SMILES string of the molecule is Cc1ccc(NC(=O)NCCn2nc(-c3ccccn3)n(C)c2=O)cc1. The number of anilines is 1. The van der Waals surface area contributed by atoms with Crippen LogP contribution in [0.4, 0.5) is 10.5 Å². The first kappa shape index (κ1) is 17.4. The van der Waals surface area contributed by atoms with Gasteiger partial charge in [-0.25, -0.2) is 14.3 Å². The third-order valence-electron chi connectivity index (χ3n) is 3.85. The highest BCUT2D eigenvalue weighted by Crippen LogP contribution is 2.10. The number of pyridine rings is 1. The quantitative estimate of drug-likeness (QED) is 0.732. The molecule has 0 spiro atoms. The van der Waals surface area contributed by atoms with Gasteiger partial charge >= 0.3 is 11.7 Å². The molecule has 2 amide bonds. The van der Waals surface area contributed by atoms with Crippen LogP contribution in [0.2, 0.25) is 0 Å². The van der Waals surface area contributed by atoms with Crippen molar-refractivity contribution >= 4 is 11.7 Å². The zero-order chi connectivity index (χ0) is 18.5. The second kappa shape index (κ2) is 7.64. The van der Waals surface area contributed by atoms with Gasteiger partial charge in [0.05, 0.1) is 6.54 Å². The number of rotatable bonds is 5. The summed E-state index contributed by atoms with van der Waals surface area (Å²) in [6, 6.07) is 12.6. The largest absolute Gasteiger partial charge is 0.346 e. The fourth-order valence-corrected chi connectivity index (χ4v) is 2.44. The van der Waals surface area contributed by atoms with E-state index in [0.717, 1.165) is 5.56 Å². The van der Waals surface area contributed by atoms with Crippen LogP contribution in [0.25, 0.3) is 11.5 Å². The average molecular weight is 352 g/mol. The van der Waals surface area contributed by atoms with Crippen LogP contribution in [-0.4, -0.2) is 31.9 Å². The summed E-state index contributed by atoms with van der Waals surface area (Å²) in [5.41, 5.74) is 2.19. The third kappa shape index (κ3) is 3.97. The number of carbonyl (C=O) groups is 1. The molecule has 0 unspecified atom stereocenters. The maximum absolute atomic E-state index is 12.3. The number of carbonyl (C=O) groups excluding carboxylic acids is 1. The van der Waals surface area contributed by atoms with Gasteiger partial charge in [-0.3, -0.25) is 9.55 Å². The summed E-state index contributed by atoms with van der Waals surface area (Å²) in [5.74, 6) is 0.486. The van der Waals surface area contributed by atoms with E-state index in [1.165, 1.54) is 9.25 Å². The number of amides is 2. The predicted octanol–water partition coefficient (Wildman–Crippen LogP) is 1.77. The van der Waals surface area contributed by atoms with E-state index in [2.05, 4.69) is 20.7 Å². The first-order valence-corrected chi connectivity index (χ1v) is 8.21. The second-order valence-corrected chi connectivity index (χ2v) is 5.85. The molecule has 0 saturated carbocycles. The summed E-state index contributed by atoms with van der Waals surface area (Å²) in [4.78, 5) is 28.4. The van der Waals surface area contributed by atoms with Crippen molar-refractivity contribution in [2.75, 3.05) is 11.9 Å². The zero-order valence-electron chi connectivity index (χ0n) is 14.6. The maximum atomic E-state index is 12.3. The molecule has 8 heteroatoms. The standard InChI is InChI=1S/C18H20N6O2/c1-13-6-8-14(9-7-13)21-17(25)20-11-12-24-18(26)23(2)16(22-24)15-5-3-4-10-19-15/h3-10H,11-12H2,1-2H3,(H2,20,21,25). The Hall–Kier alpha value is -3.42. The van der Waals surface area contributed by atoms with Crippen LogP contribution in [0.3, 0.4) is 0 Å². The summed E-state index contributed by atoms with van der Waals surface area (Å²) in [6.07, 6.45) is 1.65. The number of urea groups is 1. The minimum atomic E-state index is -0.331. The van der Waals surface area contributed by atoms with Crippen LogP contribution in [0, 0.1) is 6.92 Å². The highest BCUT2D eigenvalue weighted by atomic mass is 16.2. The van der Waals surface area contributed by atoms with Gasteiger partial charge in [-0.15, -0.1) is 5.10 Å². The van der Waals surface area contributed by atoms with Crippen molar-refractivity contribution < 1.29 is 4.79 Å². The summed E-state index contributed by atoms with van der Waals surface area (Å²) < 4.78 is 2.75. The predicted molar refractivity (Wildman–Crippen MR) is 98.9 cm³/mol. The molecule has 2 aromatic heterocycles.